The van der Waals surface area contributed by atoms with Crippen molar-refractivity contribution in [2.75, 3.05) is 0 Å². The lowest BCUT2D eigenvalue weighted by Crippen LogP contribution is -2.39. The molecule has 8 nitrogen and oxygen atoms in total. The topological polar surface area (TPSA) is 98.5 Å². The summed E-state index contributed by atoms with van der Waals surface area (Å²) in [6.45, 7) is 2.92. The lowest BCUT2D eigenvalue weighted by atomic mass is 9.90. The summed E-state index contributed by atoms with van der Waals surface area (Å²) in [6.07, 6.45) is 3.65. The fraction of sp³-hybridized carbons (Fsp3) is 0.229. The van der Waals surface area contributed by atoms with Crippen LogP contribution in [-0.2, 0) is 29.2 Å². The molecule has 0 radical (unpaired) electrons. The summed E-state index contributed by atoms with van der Waals surface area (Å²) in [5.74, 6) is -0.196. The number of ether oxygens (including phenoxy) is 2. The first-order valence-electron chi connectivity index (χ1n) is 14.6. The van der Waals surface area contributed by atoms with E-state index in [-0.39, 0.29) is 35.8 Å². The lowest BCUT2D eigenvalue weighted by molar-refractivity contribution is -0.276. The summed E-state index contributed by atoms with van der Waals surface area (Å²) in [4.78, 5) is 20.6. The molecule has 6 rings (SSSR count). The van der Waals surface area contributed by atoms with Gasteiger partial charge in [0.1, 0.15) is 5.15 Å². The Morgan fingerprint density at radius 2 is 1.71 bits per heavy atom. The molecule has 0 bridgehead atoms. The Labute approximate surface area is 271 Å². The predicted octanol–water partition coefficient (Wildman–Crippen LogP) is 7.17. The third-order valence-electron chi connectivity index (χ3n) is 8.05. The molecule has 1 aliphatic rings. The average molecular weight is 644 g/mol. The molecule has 2 aromatic heterocycles. The highest BCUT2D eigenvalue weighted by molar-refractivity contribution is 6.40. The van der Waals surface area contributed by atoms with Crippen molar-refractivity contribution in [1.82, 2.24) is 19.9 Å². The standard InChI is InChI=1S/C35H32Cl2N4O4/c1-22-30(19-41-21-40-32(36)33(41)37)44-35(45-31(22)26-9-7-23(20-42)8-10-26)27-13-11-25(12-14-27)28-5-2-4-24(16-28)17-39-34(43)29-6-3-15-38-18-29/h2-16,18,21-22,30-31,35,42H,17,19-20H2,1H3,(H,39,43). The fourth-order valence-electron chi connectivity index (χ4n) is 5.47. The van der Waals surface area contributed by atoms with E-state index >= 15 is 0 Å². The number of nitrogens with one attached hydrogen (secondary N) is 1. The first kappa shape index (κ1) is 31.0. The van der Waals surface area contributed by atoms with Crippen molar-refractivity contribution < 1.29 is 19.4 Å². The second kappa shape index (κ2) is 13.9. The average Bonchev–Trinajstić information content (AvgIpc) is 3.41. The van der Waals surface area contributed by atoms with E-state index in [1.165, 1.54) is 0 Å². The Balaban J connectivity index is 1.20. The zero-order valence-corrected chi connectivity index (χ0v) is 26.0. The van der Waals surface area contributed by atoms with Crippen LogP contribution in [0.1, 0.15) is 51.9 Å². The molecule has 0 saturated carbocycles. The van der Waals surface area contributed by atoms with Crippen LogP contribution in [0.5, 0.6) is 0 Å². The van der Waals surface area contributed by atoms with Crippen LogP contribution >= 0.6 is 23.2 Å². The number of halogens is 2. The first-order valence-corrected chi connectivity index (χ1v) is 15.4. The van der Waals surface area contributed by atoms with E-state index in [2.05, 4.69) is 28.3 Å². The number of rotatable bonds is 9. The Hall–Kier alpha value is -4.05. The molecule has 10 heteroatoms. The Kier molecular flexibility index (Phi) is 9.59. The highest BCUT2D eigenvalue weighted by Gasteiger charge is 2.38. The summed E-state index contributed by atoms with van der Waals surface area (Å²) < 4.78 is 14.9. The summed E-state index contributed by atoms with van der Waals surface area (Å²) in [5, 5.41) is 13.1. The van der Waals surface area contributed by atoms with Crippen molar-refractivity contribution in [2.45, 2.75) is 45.1 Å². The van der Waals surface area contributed by atoms with Gasteiger partial charge in [-0.05, 0) is 46.0 Å². The fourth-order valence-corrected chi connectivity index (χ4v) is 5.78. The highest BCUT2D eigenvalue weighted by atomic mass is 35.5. The molecule has 3 aromatic carbocycles. The maximum Gasteiger partial charge on any atom is 0.253 e. The normalized spacial score (nSPS) is 19.7. The van der Waals surface area contributed by atoms with Crippen LogP contribution in [0, 0.1) is 5.92 Å². The second-order valence-electron chi connectivity index (χ2n) is 11.0. The molecule has 1 fully saturated rings. The molecule has 2 N–H and O–H groups in total. The van der Waals surface area contributed by atoms with Crippen LogP contribution in [0.25, 0.3) is 11.1 Å². The monoisotopic (exact) mass is 642 g/mol. The van der Waals surface area contributed by atoms with Gasteiger partial charge < -0.3 is 24.5 Å². The molecule has 0 aliphatic carbocycles. The Bertz CT molecular complexity index is 1750. The third-order valence-corrected chi connectivity index (χ3v) is 8.82. The van der Waals surface area contributed by atoms with Crippen molar-refractivity contribution in [3.05, 3.63) is 142 Å². The molecule has 45 heavy (non-hydrogen) atoms. The second-order valence-corrected chi connectivity index (χ2v) is 11.8. The molecule has 1 saturated heterocycles. The zero-order chi connectivity index (χ0) is 31.3. The Morgan fingerprint density at radius 3 is 2.40 bits per heavy atom. The predicted molar refractivity (Wildman–Crippen MR) is 173 cm³/mol. The number of pyridine rings is 1. The van der Waals surface area contributed by atoms with E-state index < -0.39 is 6.29 Å². The van der Waals surface area contributed by atoms with Crippen LogP contribution in [-0.4, -0.2) is 31.7 Å². The van der Waals surface area contributed by atoms with E-state index in [0.717, 1.165) is 33.4 Å². The minimum absolute atomic E-state index is 0.0229. The molecule has 1 amide bonds. The number of aromatic nitrogens is 3. The van der Waals surface area contributed by atoms with Crippen LogP contribution in [0.4, 0.5) is 0 Å². The van der Waals surface area contributed by atoms with Gasteiger partial charge in [-0.1, -0.05) is 96.9 Å². The van der Waals surface area contributed by atoms with Gasteiger partial charge in [-0.2, -0.15) is 0 Å². The summed E-state index contributed by atoms with van der Waals surface area (Å²) in [6, 6.07) is 27.4. The van der Waals surface area contributed by atoms with Crippen LogP contribution < -0.4 is 5.32 Å². The number of aliphatic hydroxyl groups excluding tert-OH is 1. The minimum Gasteiger partial charge on any atom is -0.392 e. The van der Waals surface area contributed by atoms with Crippen LogP contribution in [0.3, 0.4) is 0 Å². The number of aliphatic hydroxyl groups is 1. The van der Waals surface area contributed by atoms with Gasteiger partial charge in [-0.25, -0.2) is 4.98 Å². The van der Waals surface area contributed by atoms with Gasteiger partial charge >= 0.3 is 0 Å². The summed E-state index contributed by atoms with van der Waals surface area (Å²) in [7, 11) is 0. The van der Waals surface area contributed by atoms with Crippen molar-refractivity contribution in [1.29, 1.82) is 0 Å². The zero-order valence-electron chi connectivity index (χ0n) is 24.5. The van der Waals surface area contributed by atoms with Gasteiger partial charge in [-0.15, -0.1) is 0 Å². The number of carbonyl (C=O) groups is 1. The lowest BCUT2D eigenvalue weighted by Gasteiger charge is -2.41. The molecule has 1 aliphatic heterocycles. The van der Waals surface area contributed by atoms with E-state index in [9.17, 15) is 9.90 Å². The van der Waals surface area contributed by atoms with Gasteiger partial charge in [0, 0.05) is 30.4 Å². The van der Waals surface area contributed by atoms with Gasteiger partial charge in [0.15, 0.2) is 11.4 Å². The smallest absolute Gasteiger partial charge is 0.253 e. The molecule has 5 aromatic rings. The number of hydrogen-bond donors (Lipinski definition) is 2. The molecule has 3 heterocycles. The summed E-state index contributed by atoms with van der Waals surface area (Å²) in [5.41, 5.74) is 6.27. The van der Waals surface area contributed by atoms with Crippen molar-refractivity contribution in [2.24, 2.45) is 5.92 Å². The highest BCUT2D eigenvalue weighted by Crippen LogP contribution is 2.42. The van der Waals surface area contributed by atoms with Crippen molar-refractivity contribution in [3.63, 3.8) is 0 Å². The molecule has 4 atom stereocenters. The molecular weight excluding hydrogens is 611 g/mol. The maximum atomic E-state index is 12.5. The molecule has 230 valence electrons. The Morgan fingerprint density at radius 1 is 0.933 bits per heavy atom. The number of carbonyl (C=O) groups excluding carboxylic acids is 1. The van der Waals surface area contributed by atoms with Gasteiger partial charge in [0.05, 0.1) is 37.3 Å². The van der Waals surface area contributed by atoms with Crippen molar-refractivity contribution >= 4 is 29.1 Å². The van der Waals surface area contributed by atoms with Crippen LogP contribution in [0.2, 0.25) is 10.3 Å². The van der Waals surface area contributed by atoms with Gasteiger partial charge in [0.25, 0.3) is 5.91 Å². The maximum absolute atomic E-state index is 12.5. The number of benzene rings is 3. The number of imidazole rings is 1. The van der Waals surface area contributed by atoms with Crippen LogP contribution in [0.15, 0.2) is 104 Å². The summed E-state index contributed by atoms with van der Waals surface area (Å²) >= 11 is 12.5. The largest absolute Gasteiger partial charge is 0.392 e. The first-order chi connectivity index (χ1) is 21.9. The van der Waals surface area contributed by atoms with E-state index in [1.54, 1.807) is 35.4 Å². The molecular formula is C35H32Cl2N4O4. The molecule has 4 unspecified atom stereocenters. The third kappa shape index (κ3) is 7.11. The molecule has 0 spiro atoms. The van der Waals surface area contributed by atoms with E-state index in [0.29, 0.717) is 23.8 Å². The number of amides is 1. The van der Waals surface area contributed by atoms with E-state index in [4.69, 9.17) is 32.7 Å². The van der Waals surface area contributed by atoms with E-state index in [1.807, 2.05) is 66.7 Å². The number of nitrogens with zero attached hydrogens (tertiary/aromatic N) is 3. The minimum atomic E-state index is -0.630. The van der Waals surface area contributed by atoms with Gasteiger partial charge in [0.2, 0.25) is 0 Å². The number of hydrogen-bond acceptors (Lipinski definition) is 6. The van der Waals surface area contributed by atoms with Crippen molar-refractivity contribution in [3.8, 4) is 11.1 Å². The van der Waals surface area contributed by atoms with Gasteiger partial charge in [-0.3, -0.25) is 9.78 Å². The SMILES string of the molecule is CC1C(Cn2cnc(Cl)c2Cl)OC(c2ccc(-c3cccc(CNC(=O)c4cccnc4)c3)cc2)OC1c1ccc(CO)cc1. The quantitative estimate of drug-likeness (QED) is 0.177.